The van der Waals surface area contributed by atoms with Crippen LogP contribution in [0.4, 0.5) is 0 Å². The quantitative estimate of drug-likeness (QED) is 0.120. The lowest BCUT2D eigenvalue weighted by Gasteiger charge is -2.36. The highest BCUT2D eigenvalue weighted by Gasteiger charge is 2.39. The van der Waals surface area contributed by atoms with Gasteiger partial charge in [-0.2, -0.15) is 0 Å². The Balaban J connectivity index is 3.59. The number of benzene rings is 1. The average Bonchev–Trinajstić information content (AvgIpc) is 2.75. The van der Waals surface area contributed by atoms with E-state index in [1.165, 1.54) is 0 Å². The van der Waals surface area contributed by atoms with Crippen LogP contribution in [0.1, 0.15) is 0 Å². The minimum absolute atomic E-state index is 0.0929. The van der Waals surface area contributed by atoms with Gasteiger partial charge in [-0.3, -0.25) is 0 Å². The van der Waals surface area contributed by atoms with Crippen molar-refractivity contribution in [2.45, 2.75) is 65.5 Å². The first-order valence-electron chi connectivity index (χ1n) is 12.7. The van der Waals surface area contributed by atoms with Crippen molar-refractivity contribution in [3.05, 3.63) is 37.4 Å². The third kappa shape index (κ3) is 11.8. The first-order chi connectivity index (χ1) is 17.3. The summed E-state index contributed by atoms with van der Waals surface area (Å²) >= 11 is 0. The molecule has 8 nitrogen and oxygen atoms in total. The molecule has 1 aromatic carbocycles. The predicted octanol–water partition coefficient (Wildman–Crippen LogP) is 4.43. The summed E-state index contributed by atoms with van der Waals surface area (Å²) in [6.07, 6.45) is 2.25. The van der Waals surface area contributed by atoms with E-state index < -0.39 is 45.2 Å². The molecule has 0 spiro atoms. The molecular formula is C26H46O8Si4. The molecule has 0 saturated carbocycles. The Labute approximate surface area is 232 Å². The van der Waals surface area contributed by atoms with Crippen molar-refractivity contribution >= 4 is 55.6 Å². The fourth-order valence-electron chi connectivity index (χ4n) is 4.09. The van der Waals surface area contributed by atoms with Gasteiger partial charge >= 0.3 is 11.9 Å². The van der Waals surface area contributed by atoms with Gasteiger partial charge in [0.25, 0.3) is 0 Å². The van der Waals surface area contributed by atoms with Crippen molar-refractivity contribution < 1.29 is 36.8 Å². The van der Waals surface area contributed by atoms with Crippen molar-refractivity contribution in [1.82, 2.24) is 0 Å². The second-order valence-electron chi connectivity index (χ2n) is 11.7. The molecule has 0 aliphatic heterocycles. The number of ether oxygens (including phenoxy) is 4. The molecule has 1 aromatic rings. The van der Waals surface area contributed by atoms with Gasteiger partial charge in [0.15, 0.2) is 16.6 Å². The Kier molecular flexibility index (Phi) is 12.5. The molecule has 12 heteroatoms. The summed E-state index contributed by atoms with van der Waals surface area (Å²) in [4.78, 5) is 23.0. The molecule has 214 valence electrons. The molecule has 0 saturated heterocycles. The number of hydrogen-bond donors (Lipinski definition) is 0. The molecule has 0 aliphatic carbocycles. The highest BCUT2D eigenvalue weighted by Crippen LogP contribution is 2.26. The normalized spacial score (nSPS) is 12.5. The summed E-state index contributed by atoms with van der Waals surface area (Å²) in [6, 6.07) is 4.01. The van der Waals surface area contributed by atoms with E-state index in [1.807, 2.05) is 12.1 Å². The Hall–Kier alpha value is -1.97. The van der Waals surface area contributed by atoms with E-state index >= 15 is 0 Å². The third-order valence-corrected chi connectivity index (χ3v) is 17.4. The van der Waals surface area contributed by atoms with Crippen LogP contribution in [0, 0.1) is 0 Å². The fourth-order valence-corrected chi connectivity index (χ4v) is 19.6. The van der Waals surface area contributed by atoms with Crippen LogP contribution in [0.15, 0.2) is 37.4 Å². The van der Waals surface area contributed by atoms with Gasteiger partial charge in [0.1, 0.15) is 37.9 Å². The fraction of sp³-hybridized carbons (Fsp3) is 0.538. The zero-order valence-electron chi connectivity index (χ0n) is 24.8. The summed E-state index contributed by atoms with van der Waals surface area (Å²) in [5, 5.41) is 1.88. The minimum Gasteiger partial charge on any atom is -0.490 e. The number of carbonyl (C=O) groups is 2. The number of hydrogen-bond acceptors (Lipinski definition) is 8. The van der Waals surface area contributed by atoms with Crippen molar-refractivity contribution in [3.8, 4) is 11.5 Å². The van der Waals surface area contributed by atoms with Gasteiger partial charge in [0, 0.05) is 22.5 Å². The van der Waals surface area contributed by atoms with Crippen molar-refractivity contribution in [2.75, 3.05) is 26.4 Å². The van der Waals surface area contributed by atoms with Crippen LogP contribution in [0.3, 0.4) is 0 Å². The van der Waals surface area contributed by atoms with E-state index in [4.69, 9.17) is 27.2 Å². The number of esters is 2. The van der Waals surface area contributed by atoms with E-state index in [0.717, 1.165) is 22.5 Å². The SMILES string of the molecule is C=CC(=O)OCCOc1cc([Si](C)(C)O[Si](C)(C)C)c(OCCOC(=O)C=C)cc1[Si](C)(C)O[Si](C)(C)C. The second-order valence-corrected chi connectivity index (χ2v) is 28.9. The molecule has 0 aromatic heterocycles. The van der Waals surface area contributed by atoms with E-state index in [9.17, 15) is 9.59 Å². The first kappa shape index (κ1) is 34.1. The standard InChI is InChI=1S/C26H46O8Si4/c1-13-25(27)31-17-15-29-21-19-24(38(11,12)34-36(6,7)8)22(30-16-18-32-26(28)14-2)20-23(21)37(9,10)33-35(3,4)5/h13-14,19-20H,1-2,15-18H2,3-12H3. The van der Waals surface area contributed by atoms with Crippen LogP contribution >= 0.6 is 0 Å². The topological polar surface area (TPSA) is 89.5 Å². The van der Waals surface area contributed by atoms with Gasteiger partial charge < -0.3 is 27.2 Å². The molecule has 0 aliphatic rings. The van der Waals surface area contributed by atoms with Gasteiger partial charge in [-0.25, -0.2) is 9.59 Å². The summed E-state index contributed by atoms with van der Waals surface area (Å²) in [6.45, 7) is 28.9. The minimum atomic E-state index is -2.46. The molecule has 0 bridgehead atoms. The van der Waals surface area contributed by atoms with Gasteiger partial charge in [-0.1, -0.05) is 13.2 Å². The molecule has 0 atom stereocenters. The lowest BCUT2D eigenvalue weighted by atomic mass is 10.3. The molecule has 0 N–H and O–H groups in total. The van der Waals surface area contributed by atoms with Gasteiger partial charge in [-0.05, 0) is 77.6 Å². The van der Waals surface area contributed by atoms with E-state index in [-0.39, 0.29) is 26.4 Å². The Morgan fingerprint density at radius 3 is 1.21 bits per heavy atom. The van der Waals surface area contributed by atoms with Crippen molar-refractivity contribution in [1.29, 1.82) is 0 Å². The summed E-state index contributed by atoms with van der Waals surface area (Å²) in [5.41, 5.74) is 0. The summed E-state index contributed by atoms with van der Waals surface area (Å²) < 4.78 is 36.1. The Bertz CT molecular complexity index is 914. The molecule has 1 rings (SSSR count). The highest BCUT2D eigenvalue weighted by atomic mass is 28.4. The van der Waals surface area contributed by atoms with Crippen molar-refractivity contribution in [2.24, 2.45) is 0 Å². The van der Waals surface area contributed by atoms with E-state index in [1.54, 1.807) is 0 Å². The van der Waals surface area contributed by atoms with Crippen LogP contribution in [0.2, 0.25) is 65.5 Å². The van der Waals surface area contributed by atoms with E-state index in [0.29, 0.717) is 11.5 Å². The number of carbonyl (C=O) groups excluding carboxylic acids is 2. The molecule has 38 heavy (non-hydrogen) atoms. The Morgan fingerprint density at radius 2 is 0.947 bits per heavy atom. The zero-order chi connectivity index (χ0) is 29.4. The maximum Gasteiger partial charge on any atom is 0.330 e. The Morgan fingerprint density at radius 1 is 0.632 bits per heavy atom. The van der Waals surface area contributed by atoms with Crippen LogP contribution in [-0.2, 0) is 27.3 Å². The highest BCUT2D eigenvalue weighted by molar-refractivity contribution is 6.94. The molecule has 0 radical (unpaired) electrons. The monoisotopic (exact) mass is 598 g/mol. The van der Waals surface area contributed by atoms with Crippen LogP contribution in [0.25, 0.3) is 0 Å². The van der Waals surface area contributed by atoms with Gasteiger partial charge in [-0.15, -0.1) is 0 Å². The summed E-state index contributed by atoms with van der Waals surface area (Å²) in [7, 11) is -8.72. The van der Waals surface area contributed by atoms with Gasteiger partial charge in [0.2, 0.25) is 16.6 Å². The molecule has 0 heterocycles. The van der Waals surface area contributed by atoms with Crippen LogP contribution in [0.5, 0.6) is 11.5 Å². The maximum absolute atomic E-state index is 11.5. The predicted molar refractivity (Wildman–Crippen MR) is 163 cm³/mol. The van der Waals surface area contributed by atoms with Crippen LogP contribution < -0.4 is 19.8 Å². The molecule has 0 unspecified atom stereocenters. The average molecular weight is 599 g/mol. The lowest BCUT2D eigenvalue weighted by molar-refractivity contribution is -0.139. The van der Waals surface area contributed by atoms with Crippen LogP contribution in [-0.4, -0.2) is 71.6 Å². The second kappa shape index (κ2) is 13.9. The molecular weight excluding hydrogens is 553 g/mol. The molecule has 0 fully saturated rings. The zero-order valence-corrected chi connectivity index (χ0v) is 28.8. The lowest BCUT2D eigenvalue weighted by Crippen LogP contribution is -2.55. The van der Waals surface area contributed by atoms with Gasteiger partial charge in [0.05, 0.1) is 0 Å². The smallest absolute Gasteiger partial charge is 0.330 e. The summed E-state index contributed by atoms with van der Waals surface area (Å²) in [5.74, 6) is 0.359. The molecule has 0 amide bonds. The first-order valence-corrected chi connectivity index (χ1v) is 25.4. The number of rotatable bonds is 16. The largest absolute Gasteiger partial charge is 0.490 e. The van der Waals surface area contributed by atoms with E-state index in [2.05, 4.69) is 78.6 Å². The maximum atomic E-state index is 11.5. The van der Waals surface area contributed by atoms with Crippen molar-refractivity contribution in [3.63, 3.8) is 0 Å². The third-order valence-electron chi connectivity index (χ3n) is 5.01.